The molecule has 2 heterocycles. The van der Waals surface area contributed by atoms with Gasteiger partial charge < -0.3 is 9.52 Å². The zero-order chi connectivity index (χ0) is 13.6. The molecule has 3 rings (SSSR count). The molecule has 1 aromatic carbocycles. The van der Waals surface area contributed by atoms with Gasteiger partial charge in [-0.25, -0.2) is 0 Å². The molecular formula is C13H7Cl3O2S. The molecule has 1 N–H and O–H groups in total. The summed E-state index contributed by atoms with van der Waals surface area (Å²) in [7, 11) is 0. The summed E-state index contributed by atoms with van der Waals surface area (Å²) in [5.74, 6) is 0.388. The van der Waals surface area contributed by atoms with Crippen molar-refractivity contribution in [3.63, 3.8) is 0 Å². The maximum atomic E-state index is 10.3. The Balaban J connectivity index is 2.09. The van der Waals surface area contributed by atoms with Gasteiger partial charge in [-0.15, -0.1) is 11.3 Å². The van der Waals surface area contributed by atoms with Gasteiger partial charge in [-0.05, 0) is 18.2 Å². The summed E-state index contributed by atoms with van der Waals surface area (Å²) in [6.45, 7) is 0. The summed E-state index contributed by atoms with van der Waals surface area (Å²) < 4.78 is 6.57. The van der Waals surface area contributed by atoms with Crippen LogP contribution in [0.25, 0.3) is 11.0 Å². The molecule has 0 spiro atoms. The van der Waals surface area contributed by atoms with Gasteiger partial charge in [0, 0.05) is 10.9 Å². The van der Waals surface area contributed by atoms with E-state index in [-0.39, 0.29) is 0 Å². The molecule has 0 amide bonds. The molecule has 98 valence electrons. The van der Waals surface area contributed by atoms with E-state index >= 15 is 0 Å². The number of fused-ring (bicyclic) bond motifs is 1. The van der Waals surface area contributed by atoms with Crippen molar-refractivity contribution in [2.75, 3.05) is 0 Å². The molecular weight excluding hydrogens is 327 g/mol. The van der Waals surface area contributed by atoms with Gasteiger partial charge in [-0.3, -0.25) is 0 Å². The Morgan fingerprint density at radius 1 is 1.16 bits per heavy atom. The average molecular weight is 334 g/mol. The number of rotatable bonds is 2. The summed E-state index contributed by atoms with van der Waals surface area (Å²) in [6.07, 6.45) is -0.959. The Labute approximate surface area is 128 Å². The monoisotopic (exact) mass is 332 g/mol. The van der Waals surface area contributed by atoms with Crippen LogP contribution < -0.4 is 0 Å². The molecule has 0 saturated heterocycles. The van der Waals surface area contributed by atoms with E-state index in [0.29, 0.717) is 30.6 Å². The van der Waals surface area contributed by atoms with E-state index in [4.69, 9.17) is 39.2 Å². The van der Waals surface area contributed by atoms with Crippen LogP contribution in [0, 0.1) is 0 Å². The Bertz CT molecular complexity index is 748. The Hall–Kier alpha value is -0.710. The average Bonchev–Trinajstić information content (AvgIpc) is 2.93. The lowest BCUT2D eigenvalue weighted by Crippen LogP contribution is -1.96. The number of thiophene rings is 1. The fraction of sp³-hybridized carbons (Fsp3) is 0.0769. The van der Waals surface area contributed by atoms with E-state index in [1.165, 1.54) is 11.3 Å². The van der Waals surface area contributed by atoms with Crippen LogP contribution in [0.15, 0.2) is 34.7 Å². The second kappa shape index (κ2) is 5.00. The SMILES string of the molecule is OC(c1cc2cccc(Cl)c2o1)c1cc(Cl)sc1Cl. The fourth-order valence-electron chi connectivity index (χ4n) is 1.87. The third kappa shape index (κ3) is 2.37. The number of aliphatic hydroxyl groups is 1. The van der Waals surface area contributed by atoms with Crippen LogP contribution in [-0.4, -0.2) is 5.11 Å². The van der Waals surface area contributed by atoms with Crippen LogP contribution in [0.1, 0.15) is 17.4 Å². The number of hydrogen-bond donors (Lipinski definition) is 1. The molecule has 19 heavy (non-hydrogen) atoms. The van der Waals surface area contributed by atoms with Gasteiger partial charge in [-0.1, -0.05) is 46.9 Å². The smallest absolute Gasteiger partial charge is 0.153 e. The molecule has 2 aromatic heterocycles. The highest BCUT2D eigenvalue weighted by atomic mass is 35.5. The number of para-hydroxylation sites is 1. The van der Waals surface area contributed by atoms with Gasteiger partial charge in [0.15, 0.2) is 5.58 Å². The summed E-state index contributed by atoms with van der Waals surface area (Å²) >= 11 is 19.1. The standard InChI is InChI=1S/C13H7Cl3O2S/c14-8-3-1-2-6-4-9(18-12(6)8)11(17)7-5-10(15)19-13(7)16/h1-5,11,17H. The molecule has 0 aliphatic rings. The minimum absolute atomic E-state index is 0.388. The first-order chi connectivity index (χ1) is 9.06. The van der Waals surface area contributed by atoms with Crippen molar-refractivity contribution in [2.24, 2.45) is 0 Å². The number of benzene rings is 1. The topological polar surface area (TPSA) is 33.4 Å². The fourth-order valence-corrected chi connectivity index (χ4v) is 3.62. The van der Waals surface area contributed by atoms with E-state index in [0.717, 1.165) is 5.39 Å². The van der Waals surface area contributed by atoms with Gasteiger partial charge in [-0.2, -0.15) is 0 Å². The van der Waals surface area contributed by atoms with Crippen LogP contribution in [0.5, 0.6) is 0 Å². The highest BCUT2D eigenvalue weighted by Crippen LogP contribution is 2.39. The van der Waals surface area contributed by atoms with E-state index < -0.39 is 6.10 Å². The summed E-state index contributed by atoms with van der Waals surface area (Å²) in [5, 5.41) is 11.6. The molecule has 0 aliphatic carbocycles. The van der Waals surface area contributed by atoms with Crippen molar-refractivity contribution in [1.82, 2.24) is 0 Å². The maximum absolute atomic E-state index is 10.3. The van der Waals surface area contributed by atoms with Crippen molar-refractivity contribution in [3.8, 4) is 0 Å². The van der Waals surface area contributed by atoms with Crippen molar-refractivity contribution in [1.29, 1.82) is 0 Å². The van der Waals surface area contributed by atoms with Crippen LogP contribution in [0.4, 0.5) is 0 Å². The van der Waals surface area contributed by atoms with Gasteiger partial charge in [0.25, 0.3) is 0 Å². The number of halogens is 3. The lowest BCUT2D eigenvalue weighted by molar-refractivity contribution is 0.193. The minimum Gasteiger partial charge on any atom is -0.456 e. The molecule has 1 unspecified atom stereocenters. The molecule has 1 atom stereocenters. The summed E-state index contributed by atoms with van der Waals surface area (Å²) in [6, 6.07) is 8.80. The van der Waals surface area contributed by atoms with Crippen molar-refractivity contribution in [2.45, 2.75) is 6.10 Å². The number of hydrogen-bond acceptors (Lipinski definition) is 3. The molecule has 2 nitrogen and oxygen atoms in total. The second-order valence-corrected chi connectivity index (χ2v) is 6.68. The maximum Gasteiger partial charge on any atom is 0.153 e. The van der Waals surface area contributed by atoms with Crippen LogP contribution >= 0.6 is 46.1 Å². The van der Waals surface area contributed by atoms with Gasteiger partial charge >= 0.3 is 0 Å². The van der Waals surface area contributed by atoms with Crippen molar-refractivity contribution in [3.05, 3.63) is 55.4 Å². The third-order valence-electron chi connectivity index (χ3n) is 2.76. The van der Waals surface area contributed by atoms with E-state index in [2.05, 4.69) is 0 Å². The molecule has 3 aromatic rings. The quantitative estimate of drug-likeness (QED) is 0.668. The molecule has 0 fully saturated rings. The highest BCUT2D eigenvalue weighted by molar-refractivity contribution is 7.20. The van der Waals surface area contributed by atoms with Gasteiger partial charge in [0.05, 0.1) is 9.36 Å². The molecule has 6 heteroatoms. The first-order valence-corrected chi connectivity index (χ1v) is 7.32. The molecule has 0 aliphatic heterocycles. The van der Waals surface area contributed by atoms with Crippen LogP contribution in [0.2, 0.25) is 13.7 Å². The second-order valence-electron chi connectivity index (χ2n) is 3.99. The predicted molar refractivity (Wildman–Crippen MR) is 79.6 cm³/mol. The molecule has 0 saturated carbocycles. The highest BCUT2D eigenvalue weighted by Gasteiger charge is 2.21. The Kier molecular flexibility index (Phi) is 3.50. The molecule has 0 bridgehead atoms. The number of furan rings is 1. The van der Waals surface area contributed by atoms with Gasteiger partial charge in [0.1, 0.15) is 16.2 Å². The van der Waals surface area contributed by atoms with Crippen LogP contribution in [0.3, 0.4) is 0 Å². The van der Waals surface area contributed by atoms with E-state index in [1.54, 1.807) is 18.2 Å². The first kappa shape index (κ1) is 13.3. The lowest BCUT2D eigenvalue weighted by atomic mass is 10.1. The zero-order valence-corrected chi connectivity index (χ0v) is 12.4. The number of aliphatic hydroxyl groups excluding tert-OH is 1. The first-order valence-electron chi connectivity index (χ1n) is 5.37. The lowest BCUT2D eigenvalue weighted by Gasteiger charge is -2.05. The van der Waals surface area contributed by atoms with Crippen molar-refractivity contribution >= 4 is 57.1 Å². The Morgan fingerprint density at radius 2 is 1.95 bits per heavy atom. The van der Waals surface area contributed by atoms with Crippen molar-refractivity contribution < 1.29 is 9.52 Å². The Morgan fingerprint density at radius 3 is 2.58 bits per heavy atom. The minimum atomic E-state index is -0.959. The zero-order valence-electron chi connectivity index (χ0n) is 9.36. The van der Waals surface area contributed by atoms with Crippen LogP contribution in [-0.2, 0) is 0 Å². The molecule has 0 radical (unpaired) electrons. The summed E-state index contributed by atoms with van der Waals surface area (Å²) in [5.41, 5.74) is 1.09. The van der Waals surface area contributed by atoms with Gasteiger partial charge in [0.2, 0.25) is 0 Å². The van der Waals surface area contributed by atoms with E-state index in [1.807, 2.05) is 12.1 Å². The summed E-state index contributed by atoms with van der Waals surface area (Å²) in [4.78, 5) is 0. The normalized spacial score (nSPS) is 13.1. The van der Waals surface area contributed by atoms with E-state index in [9.17, 15) is 5.11 Å². The largest absolute Gasteiger partial charge is 0.456 e. The third-order valence-corrected chi connectivity index (χ3v) is 4.58. The predicted octanol–water partition coefficient (Wildman–Crippen LogP) is 5.54.